The number of alkyl halides is 3. The zero-order valence-corrected chi connectivity index (χ0v) is 8.17. The summed E-state index contributed by atoms with van der Waals surface area (Å²) >= 11 is 0. The van der Waals surface area contributed by atoms with Crippen LogP contribution < -0.4 is 5.32 Å². The number of aryl methyl sites for hydroxylation is 1. The highest BCUT2D eigenvalue weighted by Crippen LogP contribution is 2.14. The summed E-state index contributed by atoms with van der Waals surface area (Å²) in [6, 6.07) is 0. The highest BCUT2D eigenvalue weighted by Gasteiger charge is 2.29. The highest BCUT2D eigenvalue weighted by atomic mass is 19.4. The van der Waals surface area contributed by atoms with Gasteiger partial charge in [-0.15, -0.1) is 0 Å². The van der Waals surface area contributed by atoms with Gasteiger partial charge in [0.15, 0.2) is 12.4 Å². The monoisotopic (exact) mass is 239 g/mol. The van der Waals surface area contributed by atoms with Gasteiger partial charge in [-0.25, -0.2) is 4.79 Å². The Morgan fingerprint density at radius 2 is 2.25 bits per heavy atom. The minimum absolute atomic E-state index is 0.0847. The Bertz CT molecular complexity index is 363. The van der Waals surface area contributed by atoms with Crippen molar-refractivity contribution >= 4 is 6.09 Å². The molecule has 0 fully saturated rings. The van der Waals surface area contributed by atoms with E-state index in [1.165, 1.54) is 0 Å². The average molecular weight is 239 g/mol. The SMILES string of the molecule is Cc1noc(CNC(=O)OCC(F)(F)F)n1. The Morgan fingerprint density at radius 1 is 1.56 bits per heavy atom. The maximum Gasteiger partial charge on any atom is 0.422 e. The first kappa shape index (κ1) is 12.3. The van der Waals surface area contributed by atoms with E-state index in [2.05, 4.69) is 19.4 Å². The molecule has 1 aromatic heterocycles. The molecule has 9 heteroatoms. The largest absolute Gasteiger partial charge is 0.440 e. The van der Waals surface area contributed by atoms with Crippen LogP contribution in [0.25, 0.3) is 0 Å². The summed E-state index contributed by atoms with van der Waals surface area (Å²) in [5.41, 5.74) is 0. The molecular formula is C7H8F3N3O3. The number of ether oxygens (including phenoxy) is 1. The van der Waals surface area contributed by atoms with Gasteiger partial charge in [-0.05, 0) is 6.92 Å². The minimum Gasteiger partial charge on any atom is -0.440 e. The van der Waals surface area contributed by atoms with Gasteiger partial charge in [0.2, 0.25) is 5.89 Å². The summed E-state index contributed by atoms with van der Waals surface area (Å²) in [6.07, 6.45) is -5.74. The molecule has 1 aromatic rings. The molecule has 1 rings (SSSR count). The van der Waals surface area contributed by atoms with Gasteiger partial charge in [0.25, 0.3) is 0 Å². The molecule has 0 bridgehead atoms. The molecule has 1 heterocycles. The lowest BCUT2D eigenvalue weighted by atomic mass is 10.6. The molecule has 1 amide bonds. The number of aromatic nitrogens is 2. The Balaban J connectivity index is 2.25. The van der Waals surface area contributed by atoms with Crippen LogP contribution in [0.15, 0.2) is 4.52 Å². The Kier molecular flexibility index (Phi) is 3.69. The van der Waals surface area contributed by atoms with Crippen LogP contribution in [0.3, 0.4) is 0 Å². The number of halogens is 3. The van der Waals surface area contributed by atoms with Crippen LogP contribution in [0.4, 0.5) is 18.0 Å². The van der Waals surface area contributed by atoms with Gasteiger partial charge < -0.3 is 14.6 Å². The second-order valence-corrected chi connectivity index (χ2v) is 2.78. The lowest BCUT2D eigenvalue weighted by Crippen LogP contribution is -2.28. The number of nitrogens with one attached hydrogen (secondary N) is 1. The predicted octanol–water partition coefficient (Wildman–Crippen LogP) is 1.17. The summed E-state index contributed by atoms with van der Waals surface area (Å²) in [7, 11) is 0. The zero-order chi connectivity index (χ0) is 12.2. The van der Waals surface area contributed by atoms with Crippen LogP contribution in [0, 0.1) is 6.92 Å². The summed E-state index contributed by atoms with van der Waals surface area (Å²) < 4.78 is 43.4. The van der Waals surface area contributed by atoms with Crippen molar-refractivity contribution in [3.63, 3.8) is 0 Å². The van der Waals surface area contributed by atoms with Gasteiger partial charge >= 0.3 is 12.3 Å². The molecule has 16 heavy (non-hydrogen) atoms. The van der Waals surface area contributed by atoms with Crippen LogP contribution in [0.2, 0.25) is 0 Å². The van der Waals surface area contributed by atoms with Crippen molar-refractivity contribution in [1.29, 1.82) is 0 Å². The summed E-state index contributed by atoms with van der Waals surface area (Å²) in [5.74, 6) is 0.446. The number of hydrogen-bond acceptors (Lipinski definition) is 5. The third-order valence-corrected chi connectivity index (χ3v) is 1.32. The number of amides is 1. The number of carbonyl (C=O) groups is 1. The molecule has 0 aliphatic rings. The van der Waals surface area contributed by atoms with E-state index in [4.69, 9.17) is 0 Å². The van der Waals surface area contributed by atoms with Crippen LogP contribution in [-0.2, 0) is 11.3 Å². The van der Waals surface area contributed by atoms with Gasteiger partial charge in [-0.2, -0.15) is 18.2 Å². The predicted molar refractivity (Wildman–Crippen MR) is 43.3 cm³/mol. The van der Waals surface area contributed by atoms with E-state index < -0.39 is 18.9 Å². The van der Waals surface area contributed by atoms with E-state index in [-0.39, 0.29) is 12.4 Å². The van der Waals surface area contributed by atoms with Crippen molar-refractivity contribution in [2.75, 3.05) is 6.61 Å². The first-order valence-electron chi connectivity index (χ1n) is 4.13. The topological polar surface area (TPSA) is 77.2 Å². The van der Waals surface area contributed by atoms with Crippen molar-refractivity contribution in [1.82, 2.24) is 15.5 Å². The van der Waals surface area contributed by atoms with E-state index >= 15 is 0 Å². The van der Waals surface area contributed by atoms with E-state index in [1.807, 2.05) is 5.32 Å². The fraction of sp³-hybridized carbons (Fsp3) is 0.571. The molecule has 0 saturated heterocycles. The first-order valence-corrected chi connectivity index (χ1v) is 4.13. The normalized spacial score (nSPS) is 11.2. The van der Waals surface area contributed by atoms with Crippen molar-refractivity contribution in [2.45, 2.75) is 19.6 Å². The van der Waals surface area contributed by atoms with Crippen molar-refractivity contribution < 1.29 is 27.2 Å². The van der Waals surface area contributed by atoms with Crippen LogP contribution in [0.1, 0.15) is 11.7 Å². The number of carbonyl (C=O) groups excluding carboxylic acids is 1. The highest BCUT2D eigenvalue weighted by molar-refractivity contribution is 5.66. The van der Waals surface area contributed by atoms with Crippen molar-refractivity contribution in [3.05, 3.63) is 11.7 Å². The second kappa shape index (κ2) is 4.81. The third-order valence-electron chi connectivity index (χ3n) is 1.32. The number of alkyl carbamates (subject to hydrolysis) is 1. The molecule has 0 radical (unpaired) electrons. The van der Waals surface area contributed by atoms with Gasteiger partial charge in [0, 0.05) is 0 Å². The Morgan fingerprint density at radius 3 is 2.75 bits per heavy atom. The zero-order valence-electron chi connectivity index (χ0n) is 8.17. The standard InChI is InChI=1S/C7H8F3N3O3/c1-4-12-5(16-13-4)2-11-6(14)15-3-7(8,9)10/h2-3H2,1H3,(H,11,14). The third kappa shape index (κ3) is 4.62. The second-order valence-electron chi connectivity index (χ2n) is 2.78. The van der Waals surface area contributed by atoms with Crippen molar-refractivity contribution in [2.24, 2.45) is 0 Å². The molecular weight excluding hydrogens is 231 g/mol. The molecule has 0 unspecified atom stereocenters. The van der Waals surface area contributed by atoms with Gasteiger partial charge in [0.1, 0.15) is 6.54 Å². The van der Waals surface area contributed by atoms with Gasteiger partial charge in [0.05, 0.1) is 0 Å². The fourth-order valence-electron chi connectivity index (χ4n) is 0.758. The lowest BCUT2D eigenvalue weighted by molar-refractivity contribution is -0.160. The molecule has 0 atom stereocenters. The quantitative estimate of drug-likeness (QED) is 0.856. The summed E-state index contributed by atoms with van der Waals surface area (Å²) in [5, 5.41) is 5.45. The van der Waals surface area contributed by atoms with Crippen molar-refractivity contribution in [3.8, 4) is 0 Å². The van der Waals surface area contributed by atoms with E-state index in [0.29, 0.717) is 5.82 Å². The van der Waals surface area contributed by atoms with Crippen LogP contribution in [0.5, 0.6) is 0 Å². The van der Waals surface area contributed by atoms with Crippen LogP contribution >= 0.6 is 0 Å². The van der Waals surface area contributed by atoms with Gasteiger partial charge in [-0.1, -0.05) is 5.16 Å². The van der Waals surface area contributed by atoms with Crippen LogP contribution in [-0.4, -0.2) is 29.0 Å². The fourth-order valence-corrected chi connectivity index (χ4v) is 0.758. The van der Waals surface area contributed by atoms with E-state index in [0.717, 1.165) is 0 Å². The van der Waals surface area contributed by atoms with Gasteiger partial charge in [-0.3, -0.25) is 0 Å². The minimum atomic E-state index is -4.54. The molecule has 0 saturated carbocycles. The smallest absolute Gasteiger partial charge is 0.422 e. The Hall–Kier alpha value is -1.80. The molecule has 0 spiro atoms. The number of nitrogens with zero attached hydrogens (tertiary/aromatic N) is 2. The maximum absolute atomic E-state index is 11.6. The molecule has 1 N–H and O–H groups in total. The molecule has 90 valence electrons. The average Bonchev–Trinajstić information content (AvgIpc) is 2.57. The molecule has 6 nitrogen and oxygen atoms in total. The molecule has 0 aromatic carbocycles. The maximum atomic E-state index is 11.6. The number of rotatable bonds is 3. The summed E-state index contributed by atoms with van der Waals surface area (Å²) in [6.45, 7) is -0.256. The lowest BCUT2D eigenvalue weighted by Gasteiger charge is -2.07. The number of hydrogen-bond donors (Lipinski definition) is 1. The van der Waals surface area contributed by atoms with E-state index in [9.17, 15) is 18.0 Å². The molecule has 0 aliphatic carbocycles. The van der Waals surface area contributed by atoms with E-state index in [1.54, 1.807) is 6.92 Å². The Labute approximate surface area is 87.8 Å². The molecule has 0 aliphatic heterocycles. The summed E-state index contributed by atoms with van der Waals surface area (Å²) in [4.78, 5) is 14.5. The first-order chi connectivity index (χ1) is 7.37.